The second-order valence-corrected chi connectivity index (χ2v) is 4.25. The lowest BCUT2D eigenvalue weighted by Crippen LogP contribution is -2.25. The zero-order valence-electron chi connectivity index (χ0n) is 10.5. The Morgan fingerprint density at radius 3 is 2.61 bits per heavy atom. The van der Waals surface area contributed by atoms with Crippen molar-refractivity contribution in [3.63, 3.8) is 0 Å². The first kappa shape index (κ1) is 14.0. The number of aryl methyl sites for hydroxylation is 1. The number of nitrogen functional groups attached to an aromatic ring is 1. The third-order valence-corrected chi connectivity index (χ3v) is 2.63. The highest BCUT2D eigenvalue weighted by molar-refractivity contribution is 5.95. The van der Waals surface area contributed by atoms with E-state index in [1.165, 1.54) is 0 Å². The van der Waals surface area contributed by atoms with Gasteiger partial charge in [-0.3, -0.25) is 9.59 Å². The molecule has 0 heterocycles. The molecule has 0 saturated carbocycles. The van der Waals surface area contributed by atoms with E-state index in [1.807, 2.05) is 6.92 Å². The van der Waals surface area contributed by atoms with Crippen LogP contribution in [0.2, 0.25) is 0 Å². The minimum atomic E-state index is -0.310. The number of carbonyl (C=O) groups excluding carboxylic acids is 2. The average molecular weight is 249 g/mol. The van der Waals surface area contributed by atoms with Crippen LogP contribution in [0.3, 0.4) is 0 Å². The molecule has 1 aromatic rings. The Morgan fingerprint density at radius 1 is 1.28 bits per heavy atom. The van der Waals surface area contributed by atoms with Crippen LogP contribution in [0.1, 0.15) is 35.2 Å². The predicted molar refractivity (Wildman–Crippen MR) is 71.0 cm³/mol. The van der Waals surface area contributed by atoms with Gasteiger partial charge in [-0.2, -0.15) is 0 Å². The van der Waals surface area contributed by atoms with E-state index in [-0.39, 0.29) is 11.8 Å². The lowest BCUT2D eigenvalue weighted by molar-refractivity contribution is -0.118. The summed E-state index contributed by atoms with van der Waals surface area (Å²) < 4.78 is 0. The minimum absolute atomic E-state index is 0.119. The van der Waals surface area contributed by atoms with Crippen LogP contribution in [0.25, 0.3) is 0 Å². The zero-order chi connectivity index (χ0) is 13.5. The van der Waals surface area contributed by atoms with Gasteiger partial charge in [0.2, 0.25) is 5.91 Å². The molecule has 2 amide bonds. The van der Waals surface area contributed by atoms with Gasteiger partial charge in [0.05, 0.1) is 0 Å². The third-order valence-electron chi connectivity index (χ3n) is 2.63. The molecular formula is C13H19N3O2. The minimum Gasteiger partial charge on any atom is -0.399 e. The molecule has 0 fully saturated rings. The molecule has 0 atom stereocenters. The van der Waals surface area contributed by atoms with Gasteiger partial charge in [-0.1, -0.05) is 0 Å². The van der Waals surface area contributed by atoms with Gasteiger partial charge in [-0.25, -0.2) is 0 Å². The van der Waals surface area contributed by atoms with E-state index in [0.717, 1.165) is 12.0 Å². The summed E-state index contributed by atoms with van der Waals surface area (Å²) in [4.78, 5) is 22.3. The molecule has 1 aromatic carbocycles. The molecule has 0 spiro atoms. The number of hydrogen-bond donors (Lipinski definition) is 3. The molecule has 0 saturated heterocycles. The van der Waals surface area contributed by atoms with Gasteiger partial charge in [-0.05, 0) is 43.5 Å². The predicted octanol–water partition coefficient (Wildman–Crippen LogP) is 0.963. The summed E-state index contributed by atoms with van der Waals surface area (Å²) in [5, 5.41) is 2.80. The van der Waals surface area contributed by atoms with E-state index in [1.54, 1.807) is 18.2 Å². The Balaban J connectivity index is 2.39. The van der Waals surface area contributed by atoms with Crippen molar-refractivity contribution in [1.82, 2.24) is 5.32 Å². The van der Waals surface area contributed by atoms with Crippen LogP contribution in [-0.4, -0.2) is 18.4 Å². The lowest BCUT2D eigenvalue weighted by atomic mass is 10.1. The van der Waals surface area contributed by atoms with Crippen molar-refractivity contribution < 1.29 is 9.59 Å². The maximum atomic E-state index is 11.8. The average Bonchev–Trinajstić information content (AvgIpc) is 2.27. The van der Waals surface area contributed by atoms with Gasteiger partial charge in [0.15, 0.2) is 0 Å². The number of unbranched alkanes of at least 4 members (excludes halogenated alkanes) is 1. The van der Waals surface area contributed by atoms with Gasteiger partial charge in [0, 0.05) is 24.2 Å². The first-order valence-corrected chi connectivity index (χ1v) is 5.93. The molecule has 5 N–H and O–H groups in total. The van der Waals surface area contributed by atoms with Gasteiger partial charge in [0.25, 0.3) is 5.91 Å². The fraction of sp³-hybridized carbons (Fsp3) is 0.385. The van der Waals surface area contributed by atoms with E-state index in [4.69, 9.17) is 11.5 Å². The molecule has 0 bridgehead atoms. The molecular weight excluding hydrogens is 230 g/mol. The fourth-order valence-electron chi connectivity index (χ4n) is 1.66. The van der Waals surface area contributed by atoms with Crippen LogP contribution in [0.15, 0.2) is 18.2 Å². The smallest absolute Gasteiger partial charge is 0.251 e. The van der Waals surface area contributed by atoms with Crippen molar-refractivity contribution in [3.8, 4) is 0 Å². The first-order valence-electron chi connectivity index (χ1n) is 5.93. The molecule has 0 aliphatic heterocycles. The van der Waals surface area contributed by atoms with Crippen molar-refractivity contribution in [2.24, 2.45) is 5.73 Å². The third kappa shape index (κ3) is 4.45. The lowest BCUT2D eigenvalue weighted by Gasteiger charge is -2.08. The number of amides is 2. The summed E-state index contributed by atoms with van der Waals surface area (Å²) in [6.07, 6.45) is 1.79. The number of anilines is 1. The second kappa shape index (κ2) is 6.64. The topological polar surface area (TPSA) is 98.2 Å². The molecule has 0 unspecified atom stereocenters. The quantitative estimate of drug-likeness (QED) is 0.517. The normalized spacial score (nSPS) is 10.1. The number of rotatable bonds is 6. The standard InChI is InChI=1S/C13H19N3O2/c1-9-8-10(14)5-6-11(9)13(18)16-7-3-2-4-12(15)17/h5-6,8H,2-4,7,14H2,1H3,(H2,15,17)(H,16,18). The number of primary amides is 1. The maximum Gasteiger partial charge on any atom is 0.251 e. The molecule has 0 aliphatic rings. The Kier molecular flexibility index (Phi) is 5.17. The fourth-order valence-corrected chi connectivity index (χ4v) is 1.66. The Hall–Kier alpha value is -2.04. The number of hydrogen-bond acceptors (Lipinski definition) is 3. The maximum absolute atomic E-state index is 11.8. The van der Waals surface area contributed by atoms with E-state index in [2.05, 4.69) is 5.32 Å². The number of benzene rings is 1. The van der Waals surface area contributed by atoms with Crippen LogP contribution >= 0.6 is 0 Å². The Bertz CT molecular complexity index is 444. The van der Waals surface area contributed by atoms with Crippen molar-refractivity contribution in [1.29, 1.82) is 0 Å². The van der Waals surface area contributed by atoms with Crippen molar-refractivity contribution in [3.05, 3.63) is 29.3 Å². The Morgan fingerprint density at radius 2 is 2.00 bits per heavy atom. The number of nitrogens with one attached hydrogen (secondary N) is 1. The number of nitrogens with two attached hydrogens (primary N) is 2. The SMILES string of the molecule is Cc1cc(N)ccc1C(=O)NCCCCC(N)=O. The summed E-state index contributed by atoms with van der Waals surface area (Å²) in [7, 11) is 0. The van der Waals surface area contributed by atoms with Crippen LogP contribution in [0.4, 0.5) is 5.69 Å². The zero-order valence-corrected chi connectivity index (χ0v) is 10.5. The largest absolute Gasteiger partial charge is 0.399 e. The molecule has 5 nitrogen and oxygen atoms in total. The molecule has 5 heteroatoms. The first-order chi connectivity index (χ1) is 8.50. The monoisotopic (exact) mass is 249 g/mol. The highest BCUT2D eigenvalue weighted by Crippen LogP contribution is 2.12. The van der Waals surface area contributed by atoms with Gasteiger partial charge in [0.1, 0.15) is 0 Å². The van der Waals surface area contributed by atoms with Crippen LogP contribution in [0, 0.1) is 6.92 Å². The number of carbonyl (C=O) groups is 2. The highest BCUT2D eigenvalue weighted by Gasteiger charge is 2.08. The molecule has 18 heavy (non-hydrogen) atoms. The van der Waals surface area contributed by atoms with Crippen LogP contribution < -0.4 is 16.8 Å². The van der Waals surface area contributed by atoms with Crippen LogP contribution in [-0.2, 0) is 4.79 Å². The van der Waals surface area contributed by atoms with E-state index >= 15 is 0 Å². The van der Waals surface area contributed by atoms with Gasteiger partial charge >= 0.3 is 0 Å². The molecule has 0 aliphatic carbocycles. The van der Waals surface area contributed by atoms with Crippen molar-refractivity contribution in [2.45, 2.75) is 26.2 Å². The van der Waals surface area contributed by atoms with Crippen molar-refractivity contribution >= 4 is 17.5 Å². The van der Waals surface area contributed by atoms with Gasteiger partial charge < -0.3 is 16.8 Å². The highest BCUT2D eigenvalue weighted by atomic mass is 16.2. The van der Waals surface area contributed by atoms with E-state index in [9.17, 15) is 9.59 Å². The second-order valence-electron chi connectivity index (χ2n) is 4.25. The molecule has 98 valence electrons. The summed E-state index contributed by atoms with van der Waals surface area (Å²) in [5.74, 6) is -0.428. The van der Waals surface area contributed by atoms with E-state index < -0.39 is 0 Å². The van der Waals surface area contributed by atoms with Crippen molar-refractivity contribution in [2.75, 3.05) is 12.3 Å². The summed E-state index contributed by atoms with van der Waals surface area (Å²) >= 11 is 0. The van der Waals surface area contributed by atoms with Gasteiger partial charge in [-0.15, -0.1) is 0 Å². The van der Waals surface area contributed by atoms with E-state index in [0.29, 0.717) is 30.6 Å². The molecule has 0 aromatic heterocycles. The Labute approximate surface area is 107 Å². The summed E-state index contributed by atoms with van der Waals surface area (Å²) in [5.41, 5.74) is 12.8. The summed E-state index contributed by atoms with van der Waals surface area (Å²) in [6, 6.07) is 5.18. The molecule has 0 radical (unpaired) electrons. The summed E-state index contributed by atoms with van der Waals surface area (Å²) in [6.45, 7) is 2.38. The van der Waals surface area contributed by atoms with Crippen LogP contribution in [0.5, 0.6) is 0 Å². The molecule has 1 rings (SSSR count).